The van der Waals surface area contributed by atoms with E-state index in [0.29, 0.717) is 26.8 Å². The number of nitrogens with one attached hydrogen (secondary N) is 2. The highest BCUT2D eigenvalue weighted by Gasteiger charge is 2.21. The van der Waals surface area contributed by atoms with Crippen LogP contribution in [0.4, 0.5) is 5.82 Å². The van der Waals surface area contributed by atoms with Crippen molar-refractivity contribution in [2.45, 2.75) is 13.0 Å². The maximum absolute atomic E-state index is 13.2. The summed E-state index contributed by atoms with van der Waals surface area (Å²) >= 11 is 18.3. The van der Waals surface area contributed by atoms with Crippen molar-refractivity contribution in [1.82, 2.24) is 4.98 Å². The largest absolute Gasteiger partial charge is 0.360 e. The van der Waals surface area contributed by atoms with Crippen molar-refractivity contribution < 1.29 is 4.79 Å². The molecule has 4 rings (SSSR count). The van der Waals surface area contributed by atoms with Crippen LogP contribution in [-0.2, 0) is 0 Å². The SMILES string of the molecule is CC(=O)c1c(NC(c2ccccc2)c2ccc(Cl)cc2)[nH]c2cc(Cl)c(Cl)cc2c1=O. The summed E-state index contributed by atoms with van der Waals surface area (Å²) in [5, 5.41) is 4.83. The van der Waals surface area contributed by atoms with Gasteiger partial charge < -0.3 is 10.3 Å². The summed E-state index contributed by atoms with van der Waals surface area (Å²) in [7, 11) is 0. The van der Waals surface area contributed by atoms with Crippen LogP contribution in [0.2, 0.25) is 15.1 Å². The highest BCUT2D eigenvalue weighted by Crippen LogP contribution is 2.31. The highest BCUT2D eigenvalue weighted by atomic mass is 35.5. The number of aromatic amines is 1. The van der Waals surface area contributed by atoms with E-state index in [1.165, 1.54) is 13.0 Å². The standard InChI is InChI=1S/C24H17Cl3N2O2/c1-13(30)21-23(31)17-11-18(26)19(27)12-20(17)28-24(21)29-22(14-5-3-2-4-6-14)15-7-9-16(25)10-8-15/h2-12,22H,1H3,(H2,28,29,31). The number of hydrogen-bond donors (Lipinski definition) is 2. The number of Topliss-reactive ketones (excluding diaryl/α,β-unsaturated/α-hetero) is 1. The van der Waals surface area contributed by atoms with Crippen LogP contribution in [0, 0.1) is 0 Å². The average molecular weight is 472 g/mol. The van der Waals surface area contributed by atoms with Gasteiger partial charge in [-0.25, -0.2) is 0 Å². The van der Waals surface area contributed by atoms with E-state index in [9.17, 15) is 9.59 Å². The van der Waals surface area contributed by atoms with Crippen LogP contribution in [0.25, 0.3) is 10.9 Å². The first-order chi connectivity index (χ1) is 14.8. The van der Waals surface area contributed by atoms with Crippen molar-refractivity contribution in [2.24, 2.45) is 0 Å². The summed E-state index contributed by atoms with van der Waals surface area (Å²) in [4.78, 5) is 28.8. The fraction of sp³-hybridized carbons (Fsp3) is 0.0833. The van der Waals surface area contributed by atoms with Gasteiger partial charge in [0.05, 0.1) is 21.6 Å². The first-order valence-electron chi connectivity index (χ1n) is 9.48. The zero-order chi connectivity index (χ0) is 22.1. The molecule has 4 aromatic rings. The molecule has 156 valence electrons. The van der Waals surface area contributed by atoms with E-state index in [4.69, 9.17) is 34.8 Å². The lowest BCUT2D eigenvalue weighted by Crippen LogP contribution is -2.22. The Morgan fingerprint density at radius 3 is 2.16 bits per heavy atom. The van der Waals surface area contributed by atoms with E-state index in [1.807, 2.05) is 42.5 Å². The summed E-state index contributed by atoms with van der Waals surface area (Å²) in [6.07, 6.45) is 0. The Kier molecular flexibility index (Phi) is 6.05. The third-order valence-corrected chi connectivity index (χ3v) is 5.99. The maximum atomic E-state index is 13.2. The number of carbonyl (C=O) groups excluding carboxylic acids is 1. The molecule has 7 heteroatoms. The smallest absolute Gasteiger partial charge is 0.202 e. The molecule has 0 spiro atoms. The zero-order valence-electron chi connectivity index (χ0n) is 16.4. The molecule has 1 aromatic heterocycles. The van der Waals surface area contributed by atoms with Crippen molar-refractivity contribution in [3.63, 3.8) is 0 Å². The summed E-state index contributed by atoms with van der Waals surface area (Å²) in [6, 6.07) is 19.8. The highest BCUT2D eigenvalue weighted by molar-refractivity contribution is 6.42. The average Bonchev–Trinajstić information content (AvgIpc) is 2.75. The Hall–Kier alpha value is -2.79. The van der Waals surface area contributed by atoms with Crippen LogP contribution in [0.15, 0.2) is 71.5 Å². The Morgan fingerprint density at radius 1 is 0.903 bits per heavy atom. The number of rotatable bonds is 5. The predicted octanol–water partition coefficient (Wildman–Crippen LogP) is 6.89. The van der Waals surface area contributed by atoms with Gasteiger partial charge in [-0.05, 0) is 42.3 Å². The van der Waals surface area contributed by atoms with E-state index in [-0.39, 0.29) is 22.4 Å². The molecule has 31 heavy (non-hydrogen) atoms. The summed E-state index contributed by atoms with van der Waals surface area (Å²) < 4.78 is 0. The van der Waals surface area contributed by atoms with Crippen LogP contribution in [0.1, 0.15) is 34.5 Å². The molecule has 0 aliphatic carbocycles. The third-order valence-electron chi connectivity index (χ3n) is 5.02. The molecule has 0 saturated carbocycles. The molecule has 4 nitrogen and oxygen atoms in total. The molecule has 0 saturated heterocycles. The zero-order valence-corrected chi connectivity index (χ0v) is 18.6. The number of pyridine rings is 1. The van der Waals surface area contributed by atoms with Gasteiger partial charge in [0.1, 0.15) is 11.4 Å². The van der Waals surface area contributed by atoms with E-state index in [1.54, 1.807) is 18.2 Å². The quantitative estimate of drug-likeness (QED) is 0.311. The van der Waals surface area contributed by atoms with Gasteiger partial charge in [0.25, 0.3) is 0 Å². The Balaban J connectivity index is 1.92. The molecule has 2 N–H and O–H groups in total. The van der Waals surface area contributed by atoms with Crippen LogP contribution < -0.4 is 10.7 Å². The number of carbonyl (C=O) groups is 1. The van der Waals surface area contributed by atoms with E-state index >= 15 is 0 Å². The predicted molar refractivity (Wildman–Crippen MR) is 128 cm³/mol. The van der Waals surface area contributed by atoms with Gasteiger partial charge in [0.15, 0.2) is 5.78 Å². The lowest BCUT2D eigenvalue weighted by molar-refractivity contribution is 0.101. The second-order valence-corrected chi connectivity index (χ2v) is 8.36. The summed E-state index contributed by atoms with van der Waals surface area (Å²) in [6.45, 7) is 1.36. The van der Waals surface area contributed by atoms with Crippen molar-refractivity contribution >= 4 is 57.3 Å². The number of anilines is 1. The van der Waals surface area contributed by atoms with Crippen molar-refractivity contribution in [1.29, 1.82) is 0 Å². The van der Waals surface area contributed by atoms with E-state index < -0.39 is 5.43 Å². The number of ketones is 1. The van der Waals surface area contributed by atoms with Crippen molar-refractivity contribution in [3.05, 3.63) is 109 Å². The van der Waals surface area contributed by atoms with Crippen molar-refractivity contribution in [2.75, 3.05) is 5.32 Å². The Morgan fingerprint density at radius 2 is 1.52 bits per heavy atom. The van der Waals surface area contributed by atoms with Gasteiger partial charge in [-0.3, -0.25) is 9.59 Å². The van der Waals surface area contributed by atoms with Crippen LogP contribution >= 0.6 is 34.8 Å². The second-order valence-electron chi connectivity index (χ2n) is 7.11. The van der Waals surface area contributed by atoms with Crippen LogP contribution in [0.5, 0.6) is 0 Å². The maximum Gasteiger partial charge on any atom is 0.202 e. The normalized spacial score (nSPS) is 12.0. The number of benzene rings is 3. The van der Waals surface area contributed by atoms with Crippen molar-refractivity contribution in [3.8, 4) is 0 Å². The first-order valence-corrected chi connectivity index (χ1v) is 10.6. The number of hydrogen-bond acceptors (Lipinski definition) is 3. The Labute approximate surface area is 193 Å². The minimum absolute atomic E-state index is 0.0285. The molecular formula is C24H17Cl3N2O2. The minimum Gasteiger partial charge on any atom is -0.360 e. The molecule has 1 unspecified atom stereocenters. The van der Waals surface area contributed by atoms with Gasteiger partial charge in [-0.1, -0.05) is 77.3 Å². The van der Waals surface area contributed by atoms with E-state index in [2.05, 4.69) is 10.3 Å². The molecule has 0 aliphatic rings. The summed E-state index contributed by atoms with van der Waals surface area (Å²) in [5.41, 5.74) is 1.97. The van der Waals surface area contributed by atoms with Gasteiger partial charge >= 0.3 is 0 Å². The van der Waals surface area contributed by atoms with Gasteiger partial charge in [0.2, 0.25) is 5.43 Å². The summed E-state index contributed by atoms with van der Waals surface area (Å²) in [5.74, 6) is -0.0492. The van der Waals surface area contributed by atoms with Crippen LogP contribution in [0.3, 0.4) is 0 Å². The van der Waals surface area contributed by atoms with Gasteiger partial charge in [-0.15, -0.1) is 0 Å². The lowest BCUT2D eigenvalue weighted by atomic mass is 9.98. The topological polar surface area (TPSA) is 62.0 Å². The fourth-order valence-corrected chi connectivity index (χ4v) is 3.99. The second kappa shape index (κ2) is 8.75. The molecule has 1 heterocycles. The molecule has 0 fully saturated rings. The van der Waals surface area contributed by atoms with E-state index in [0.717, 1.165) is 11.1 Å². The molecule has 0 aliphatic heterocycles. The molecule has 0 amide bonds. The van der Waals surface area contributed by atoms with Crippen LogP contribution in [-0.4, -0.2) is 10.8 Å². The van der Waals surface area contributed by atoms with Gasteiger partial charge in [-0.2, -0.15) is 0 Å². The minimum atomic E-state index is -0.412. The number of halogens is 3. The monoisotopic (exact) mass is 470 g/mol. The number of aromatic nitrogens is 1. The molecule has 1 atom stereocenters. The molecule has 3 aromatic carbocycles. The molecular weight excluding hydrogens is 455 g/mol. The fourth-order valence-electron chi connectivity index (χ4n) is 3.53. The third kappa shape index (κ3) is 4.33. The number of fused-ring (bicyclic) bond motifs is 1. The Bertz CT molecular complexity index is 1330. The first kappa shape index (κ1) is 21.4. The lowest BCUT2D eigenvalue weighted by Gasteiger charge is -2.22. The molecule has 0 radical (unpaired) electrons. The van der Waals surface area contributed by atoms with Gasteiger partial charge in [0, 0.05) is 10.4 Å². The number of H-pyrrole nitrogens is 1. The molecule has 0 bridgehead atoms.